The highest BCUT2D eigenvalue weighted by Gasteiger charge is 2.48. The summed E-state index contributed by atoms with van der Waals surface area (Å²) in [4.78, 5) is 0. The molecule has 98 valence electrons. The van der Waals surface area contributed by atoms with Gasteiger partial charge < -0.3 is 5.32 Å². The molecule has 1 aromatic carbocycles. The maximum atomic E-state index is 13.8. The minimum atomic E-state index is -1.36. The summed E-state index contributed by atoms with van der Waals surface area (Å²) in [5, 5.41) is 3.06. The summed E-state index contributed by atoms with van der Waals surface area (Å²) in [6.45, 7) is 0. The molecule has 2 aliphatic rings. The minimum absolute atomic E-state index is 0.215. The highest BCUT2D eigenvalue weighted by atomic mass is 19.2. The molecule has 0 amide bonds. The first-order valence-electron chi connectivity index (χ1n) is 6.42. The van der Waals surface area contributed by atoms with Crippen molar-refractivity contribution in [3.63, 3.8) is 0 Å². The molecule has 0 spiro atoms. The van der Waals surface area contributed by atoms with E-state index in [0.717, 1.165) is 30.7 Å². The highest BCUT2D eigenvalue weighted by molar-refractivity contribution is 5.25. The first-order valence-corrected chi connectivity index (χ1v) is 6.42. The van der Waals surface area contributed by atoms with Gasteiger partial charge in [-0.25, -0.2) is 13.2 Å². The van der Waals surface area contributed by atoms with Gasteiger partial charge in [-0.15, -0.1) is 0 Å². The van der Waals surface area contributed by atoms with Crippen LogP contribution in [0, 0.1) is 35.2 Å². The molecule has 18 heavy (non-hydrogen) atoms. The second-order valence-electron chi connectivity index (χ2n) is 5.52. The van der Waals surface area contributed by atoms with Gasteiger partial charge >= 0.3 is 0 Å². The summed E-state index contributed by atoms with van der Waals surface area (Å²) < 4.78 is 40.0. The van der Waals surface area contributed by atoms with Crippen LogP contribution in [0.3, 0.4) is 0 Å². The lowest BCUT2D eigenvalue weighted by atomic mass is 9.89. The standard InChI is InChI=1S/C14H16F3N/c1-18-14(9-5-7-4-8(7)6-9)10-2-3-11(15)13(17)12(10)16/h2-3,7-9,14,18H,4-6H2,1H3. The molecule has 0 radical (unpaired) electrons. The average molecular weight is 255 g/mol. The summed E-state index contributed by atoms with van der Waals surface area (Å²) in [5.41, 5.74) is 0.253. The second kappa shape index (κ2) is 4.26. The van der Waals surface area contributed by atoms with E-state index in [1.807, 2.05) is 0 Å². The van der Waals surface area contributed by atoms with Gasteiger partial charge in [0.1, 0.15) is 0 Å². The third-order valence-electron chi connectivity index (χ3n) is 4.46. The maximum Gasteiger partial charge on any atom is 0.194 e. The fraction of sp³-hybridized carbons (Fsp3) is 0.571. The molecular formula is C14H16F3N. The normalized spacial score (nSPS) is 31.2. The first kappa shape index (κ1) is 12.0. The molecule has 4 heteroatoms. The molecule has 1 aromatic rings. The predicted molar refractivity (Wildman–Crippen MR) is 62.4 cm³/mol. The first-order chi connectivity index (χ1) is 8.61. The molecule has 3 unspecified atom stereocenters. The highest BCUT2D eigenvalue weighted by Crippen LogP contribution is 2.57. The third-order valence-corrected chi connectivity index (χ3v) is 4.46. The molecule has 0 saturated heterocycles. The van der Waals surface area contributed by atoms with Gasteiger partial charge in [0.15, 0.2) is 17.5 Å². The van der Waals surface area contributed by atoms with Crippen molar-refractivity contribution in [2.45, 2.75) is 25.3 Å². The molecule has 3 atom stereocenters. The Hall–Kier alpha value is -1.03. The topological polar surface area (TPSA) is 12.0 Å². The number of nitrogens with one attached hydrogen (secondary N) is 1. The van der Waals surface area contributed by atoms with Crippen molar-refractivity contribution in [2.24, 2.45) is 17.8 Å². The van der Waals surface area contributed by atoms with Crippen molar-refractivity contribution in [1.29, 1.82) is 0 Å². The molecule has 1 nitrogen and oxygen atoms in total. The molecule has 0 aliphatic heterocycles. The van der Waals surface area contributed by atoms with Crippen LogP contribution < -0.4 is 5.32 Å². The Morgan fingerprint density at radius 1 is 1.06 bits per heavy atom. The van der Waals surface area contributed by atoms with E-state index in [4.69, 9.17) is 0 Å². The Bertz CT molecular complexity index is 464. The van der Waals surface area contributed by atoms with E-state index in [2.05, 4.69) is 5.32 Å². The monoisotopic (exact) mass is 255 g/mol. The fourth-order valence-corrected chi connectivity index (χ4v) is 3.46. The molecule has 2 aliphatic carbocycles. The lowest BCUT2D eigenvalue weighted by molar-refractivity contribution is 0.341. The van der Waals surface area contributed by atoms with Crippen molar-refractivity contribution >= 4 is 0 Å². The molecule has 1 N–H and O–H groups in total. The van der Waals surface area contributed by atoms with Crippen LogP contribution in [0.5, 0.6) is 0 Å². The van der Waals surface area contributed by atoms with Crippen molar-refractivity contribution in [3.8, 4) is 0 Å². The van der Waals surface area contributed by atoms with Crippen LogP contribution in [0.15, 0.2) is 12.1 Å². The number of fused-ring (bicyclic) bond motifs is 1. The summed E-state index contributed by atoms with van der Waals surface area (Å²) in [6, 6.07) is 2.15. The molecule has 0 aromatic heterocycles. The summed E-state index contributed by atoms with van der Waals surface area (Å²) in [7, 11) is 1.75. The van der Waals surface area contributed by atoms with Gasteiger partial charge in [-0.3, -0.25) is 0 Å². The summed E-state index contributed by atoms with van der Waals surface area (Å²) in [5.74, 6) is -1.65. The SMILES string of the molecule is CNC(c1ccc(F)c(F)c1F)C1CC2CC2C1. The van der Waals surface area contributed by atoms with E-state index >= 15 is 0 Å². The van der Waals surface area contributed by atoms with Crippen molar-refractivity contribution in [2.75, 3.05) is 7.05 Å². The zero-order valence-corrected chi connectivity index (χ0v) is 10.2. The molecule has 0 bridgehead atoms. The van der Waals surface area contributed by atoms with Crippen LogP contribution in [-0.4, -0.2) is 7.05 Å². The number of rotatable bonds is 3. The third kappa shape index (κ3) is 1.83. The van der Waals surface area contributed by atoms with Crippen molar-refractivity contribution < 1.29 is 13.2 Å². The van der Waals surface area contributed by atoms with Gasteiger partial charge in [0.2, 0.25) is 0 Å². The van der Waals surface area contributed by atoms with E-state index < -0.39 is 17.5 Å². The maximum absolute atomic E-state index is 13.8. The van der Waals surface area contributed by atoms with Crippen LogP contribution >= 0.6 is 0 Å². The lowest BCUT2D eigenvalue weighted by Crippen LogP contribution is -2.26. The average Bonchev–Trinajstić information content (AvgIpc) is 2.97. The van der Waals surface area contributed by atoms with Gasteiger partial charge in [0.25, 0.3) is 0 Å². The molecule has 0 heterocycles. The zero-order chi connectivity index (χ0) is 12.9. The van der Waals surface area contributed by atoms with Crippen LogP contribution in [0.4, 0.5) is 13.2 Å². The number of hydrogen-bond donors (Lipinski definition) is 1. The Kier molecular flexibility index (Phi) is 2.85. The Labute approximate surface area is 104 Å². The van der Waals surface area contributed by atoms with E-state index in [1.54, 1.807) is 7.05 Å². The summed E-state index contributed by atoms with van der Waals surface area (Å²) in [6.07, 6.45) is 3.41. The quantitative estimate of drug-likeness (QED) is 0.816. The van der Waals surface area contributed by atoms with Crippen LogP contribution in [0.2, 0.25) is 0 Å². The number of hydrogen-bond acceptors (Lipinski definition) is 1. The van der Waals surface area contributed by atoms with Gasteiger partial charge in [-0.2, -0.15) is 0 Å². The van der Waals surface area contributed by atoms with Crippen LogP contribution in [0.25, 0.3) is 0 Å². The molecule has 2 saturated carbocycles. The largest absolute Gasteiger partial charge is 0.313 e. The minimum Gasteiger partial charge on any atom is -0.313 e. The van der Waals surface area contributed by atoms with E-state index in [9.17, 15) is 13.2 Å². The van der Waals surface area contributed by atoms with Gasteiger partial charge in [0, 0.05) is 11.6 Å². The second-order valence-corrected chi connectivity index (χ2v) is 5.52. The van der Waals surface area contributed by atoms with Crippen molar-refractivity contribution in [3.05, 3.63) is 35.1 Å². The fourth-order valence-electron chi connectivity index (χ4n) is 3.46. The van der Waals surface area contributed by atoms with E-state index in [0.29, 0.717) is 5.92 Å². The smallest absolute Gasteiger partial charge is 0.194 e. The molecular weight excluding hydrogens is 239 g/mol. The van der Waals surface area contributed by atoms with Crippen LogP contribution in [-0.2, 0) is 0 Å². The Morgan fingerprint density at radius 3 is 2.33 bits per heavy atom. The van der Waals surface area contributed by atoms with Gasteiger partial charge in [-0.05, 0) is 50.1 Å². The molecule has 2 fully saturated rings. The predicted octanol–water partition coefficient (Wildman–Crippen LogP) is 3.41. The Balaban J connectivity index is 1.89. The summed E-state index contributed by atoms with van der Waals surface area (Å²) >= 11 is 0. The van der Waals surface area contributed by atoms with Gasteiger partial charge in [0.05, 0.1) is 0 Å². The molecule has 3 rings (SSSR count). The van der Waals surface area contributed by atoms with E-state index in [1.165, 1.54) is 12.5 Å². The van der Waals surface area contributed by atoms with Crippen LogP contribution in [0.1, 0.15) is 30.9 Å². The number of benzene rings is 1. The zero-order valence-electron chi connectivity index (χ0n) is 10.2. The van der Waals surface area contributed by atoms with Gasteiger partial charge in [-0.1, -0.05) is 6.07 Å². The van der Waals surface area contributed by atoms with E-state index in [-0.39, 0.29) is 11.6 Å². The van der Waals surface area contributed by atoms with Crippen molar-refractivity contribution in [1.82, 2.24) is 5.32 Å². The lowest BCUT2D eigenvalue weighted by Gasteiger charge is -2.25. The number of halogens is 3. The Morgan fingerprint density at radius 2 is 1.72 bits per heavy atom.